The number of hydrogen-bond acceptors (Lipinski definition) is 5. The maximum absolute atomic E-state index is 12.4. The fourth-order valence-electron chi connectivity index (χ4n) is 2.88. The molecule has 0 fully saturated rings. The van der Waals surface area contributed by atoms with Crippen molar-refractivity contribution in [1.82, 2.24) is 5.32 Å². The molecule has 6 heteroatoms. The molecule has 1 aliphatic rings. The number of fused-ring (bicyclic) bond motifs is 2. The van der Waals surface area contributed by atoms with E-state index in [9.17, 15) is 9.59 Å². The van der Waals surface area contributed by atoms with Gasteiger partial charge in [0.05, 0.1) is 5.39 Å². The molecule has 0 unspecified atom stereocenters. The zero-order chi connectivity index (χ0) is 18.3. The fourth-order valence-corrected chi connectivity index (χ4v) is 2.88. The molecule has 2 heterocycles. The van der Waals surface area contributed by atoms with Crippen LogP contribution in [0.25, 0.3) is 11.0 Å². The van der Waals surface area contributed by atoms with Crippen LogP contribution in [0.4, 0.5) is 0 Å². The quantitative estimate of drug-likeness (QED) is 0.785. The standard InChI is InChI=1S/C20H17NO5/c1-11-3-5-14-15(22)8-18(26-19(14)12(11)2)20(23)21-9-13-4-6-16-17(7-13)25-10-24-16/h3-8H,9-10H2,1-2H3,(H,21,23). The summed E-state index contributed by atoms with van der Waals surface area (Å²) in [7, 11) is 0. The molecule has 3 aromatic rings. The van der Waals surface area contributed by atoms with Gasteiger partial charge in [0.15, 0.2) is 22.7 Å². The topological polar surface area (TPSA) is 77.8 Å². The van der Waals surface area contributed by atoms with Crippen LogP contribution in [0.2, 0.25) is 0 Å². The average molecular weight is 351 g/mol. The number of ether oxygens (including phenoxy) is 2. The summed E-state index contributed by atoms with van der Waals surface area (Å²) in [4.78, 5) is 24.7. The van der Waals surface area contributed by atoms with Crippen LogP contribution in [0.5, 0.6) is 11.5 Å². The Morgan fingerprint density at radius 1 is 1.08 bits per heavy atom. The van der Waals surface area contributed by atoms with E-state index in [0.29, 0.717) is 22.5 Å². The van der Waals surface area contributed by atoms with E-state index in [-0.39, 0.29) is 24.5 Å². The Labute approximate surface area is 149 Å². The highest BCUT2D eigenvalue weighted by molar-refractivity contribution is 5.93. The number of amides is 1. The predicted octanol–water partition coefficient (Wildman–Crippen LogP) is 3.07. The third-order valence-corrected chi connectivity index (χ3v) is 4.53. The molecule has 0 saturated heterocycles. The van der Waals surface area contributed by atoms with Gasteiger partial charge in [0, 0.05) is 12.6 Å². The van der Waals surface area contributed by atoms with Crippen LogP contribution in [-0.4, -0.2) is 12.7 Å². The van der Waals surface area contributed by atoms with Gasteiger partial charge in [-0.15, -0.1) is 0 Å². The van der Waals surface area contributed by atoms with Gasteiger partial charge in [0.2, 0.25) is 6.79 Å². The Kier molecular flexibility index (Phi) is 3.88. The molecule has 4 rings (SSSR count). The normalized spacial score (nSPS) is 12.4. The number of benzene rings is 2. The van der Waals surface area contributed by atoms with E-state index in [4.69, 9.17) is 13.9 Å². The van der Waals surface area contributed by atoms with Crippen LogP contribution >= 0.6 is 0 Å². The minimum absolute atomic E-state index is 0.00283. The van der Waals surface area contributed by atoms with Crippen LogP contribution in [-0.2, 0) is 6.54 Å². The summed E-state index contributed by atoms with van der Waals surface area (Å²) in [6.07, 6.45) is 0. The Hall–Kier alpha value is -3.28. The lowest BCUT2D eigenvalue weighted by molar-refractivity contribution is 0.0923. The summed E-state index contributed by atoms with van der Waals surface area (Å²) in [5, 5.41) is 3.24. The molecule has 26 heavy (non-hydrogen) atoms. The molecule has 0 aliphatic carbocycles. The lowest BCUT2D eigenvalue weighted by atomic mass is 10.1. The van der Waals surface area contributed by atoms with E-state index in [0.717, 1.165) is 16.7 Å². The van der Waals surface area contributed by atoms with Gasteiger partial charge in [0.25, 0.3) is 5.91 Å². The molecule has 2 aromatic carbocycles. The van der Waals surface area contributed by atoms with Gasteiger partial charge >= 0.3 is 0 Å². The van der Waals surface area contributed by atoms with Gasteiger partial charge in [-0.1, -0.05) is 12.1 Å². The summed E-state index contributed by atoms with van der Waals surface area (Å²) in [6.45, 7) is 4.28. The second-order valence-corrected chi connectivity index (χ2v) is 6.23. The summed E-state index contributed by atoms with van der Waals surface area (Å²) in [6, 6.07) is 10.3. The average Bonchev–Trinajstić information content (AvgIpc) is 3.10. The summed E-state index contributed by atoms with van der Waals surface area (Å²) >= 11 is 0. The molecular formula is C20H17NO5. The second-order valence-electron chi connectivity index (χ2n) is 6.23. The second kappa shape index (κ2) is 6.22. The number of rotatable bonds is 3. The predicted molar refractivity (Wildman–Crippen MR) is 95.7 cm³/mol. The van der Waals surface area contributed by atoms with Crippen LogP contribution in [0, 0.1) is 13.8 Å². The molecule has 0 radical (unpaired) electrons. The monoisotopic (exact) mass is 351 g/mol. The summed E-state index contributed by atoms with van der Waals surface area (Å²) < 4.78 is 16.3. The van der Waals surface area contributed by atoms with Gasteiger partial charge in [-0.05, 0) is 48.7 Å². The number of nitrogens with one attached hydrogen (secondary N) is 1. The maximum atomic E-state index is 12.4. The summed E-state index contributed by atoms with van der Waals surface area (Å²) in [5.74, 6) is 0.894. The molecule has 132 valence electrons. The molecule has 1 amide bonds. The van der Waals surface area contributed by atoms with Crippen molar-refractivity contribution in [2.24, 2.45) is 0 Å². The highest BCUT2D eigenvalue weighted by atomic mass is 16.7. The first-order valence-electron chi connectivity index (χ1n) is 8.24. The lowest BCUT2D eigenvalue weighted by Gasteiger charge is -2.08. The highest BCUT2D eigenvalue weighted by Crippen LogP contribution is 2.32. The fraction of sp³-hybridized carbons (Fsp3) is 0.200. The van der Waals surface area contributed by atoms with Gasteiger partial charge < -0.3 is 19.2 Å². The third kappa shape index (κ3) is 2.79. The smallest absolute Gasteiger partial charge is 0.287 e. The van der Waals surface area contributed by atoms with Crippen molar-refractivity contribution in [3.05, 3.63) is 69.1 Å². The van der Waals surface area contributed by atoms with Crippen molar-refractivity contribution >= 4 is 16.9 Å². The molecule has 0 atom stereocenters. The number of hydrogen-bond donors (Lipinski definition) is 1. The van der Waals surface area contributed by atoms with Crippen molar-refractivity contribution in [3.8, 4) is 11.5 Å². The van der Waals surface area contributed by atoms with Gasteiger partial charge in [-0.25, -0.2) is 0 Å². The van der Waals surface area contributed by atoms with Gasteiger partial charge in [0.1, 0.15) is 5.58 Å². The highest BCUT2D eigenvalue weighted by Gasteiger charge is 2.16. The number of carbonyl (C=O) groups is 1. The number of carbonyl (C=O) groups excluding carboxylic acids is 1. The van der Waals surface area contributed by atoms with Crippen molar-refractivity contribution in [3.63, 3.8) is 0 Å². The molecular weight excluding hydrogens is 334 g/mol. The van der Waals surface area contributed by atoms with E-state index in [1.807, 2.05) is 32.0 Å². The molecule has 0 saturated carbocycles. The first-order chi connectivity index (χ1) is 12.5. The lowest BCUT2D eigenvalue weighted by Crippen LogP contribution is -2.24. The Bertz CT molecular complexity index is 1080. The van der Waals surface area contributed by atoms with Crippen LogP contribution in [0.3, 0.4) is 0 Å². The zero-order valence-corrected chi connectivity index (χ0v) is 14.4. The molecule has 1 aromatic heterocycles. The minimum Gasteiger partial charge on any atom is -0.454 e. The molecule has 0 spiro atoms. The zero-order valence-electron chi connectivity index (χ0n) is 14.4. The third-order valence-electron chi connectivity index (χ3n) is 4.53. The minimum atomic E-state index is -0.442. The first-order valence-corrected chi connectivity index (χ1v) is 8.24. The molecule has 6 nitrogen and oxygen atoms in total. The van der Waals surface area contributed by atoms with Crippen molar-refractivity contribution in [2.75, 3.05) is 6.79 Å². The Morgan fingerprint density at radius 3 is 2.73 bits per heavy atom. The van der Waals surface area contributed by atoms with Crippen LogP contribution in [0.1, 0.15) is 27.2 Å². The first kappa shape index (κ1) is 16.2. The Morgan fingerprint density at radius 2 is 1.88 bits per heavy atom. The molecule has 1 N–H and O–H groups in total. The van der Waals surface area contributed by atoms with Crippen molar-refractivity contribution < 1.29 is 18.7 Å². The van der Waals surface area contributed by atoms with E-state index >= 15 is 0 Å². The van der Waals surface area contributed by atoms with E-state index in [1.165, 1.54) is 6.07 Å². The van der Waals surface area contributed by atoms with Crippen LogP contribution < -0.4 is 20.2 Å². The van der Waals surface area contributed by atoms with E-state index in [1.54, 1.807) is 12.1 Å². The SMILES string of the molecule is Cc1ccc2c(=O)cc(C(=O)NCc3ccc4c(c3)OCO4)oc2c1C. The van der Waals surface area contributed by atoms with E-state index in [2.05, 4.69) is 5.32 Å². The van der Waals surface area contributed by atoms with Gasteiger partial charge in [-0.3, -0.25) is 9.59 Å². The maximum Gasteiger partial charge on any atom is 0.287 e. The Balaban J connectivity index is 1.58. The molecule has 1 aliphatic heterocycles. The largest absolute Gasteiger partial charge is 0.454 e. The van der Waals surface area contributed by atoms with Crippen LogP contribution in [0.15, 0.2) is 45.6 Å². The summed E-state index contributed by atoms with van der Waals surface area (Å²) in [5.41, 5.74) is 2.93. The van der Waals surface area contributed by atoms with E-state index < -0.39 is 5.91 Å². The van der Waals surface area contributed by atoms with Gasteiger partial charge in [-0.2, -0.15) is 0 Å². The van der Waals surface area contributed by atoms with Crippen molar-refractivity contribution in [2.45, 2.75) is 20.4 Å². The molecule has 0 bridgehead atoms. The number of aryl methyl sites for hydroxylation is 2. The van der Waals surface area contributed by atoms with Crippen molar-refractivity contribution in [1.29, 1.82) is 0 Å².